The zero-order valence-electron chi connectivity index (χ0n) is 11.7. The Kier molecular flexibility index (Phi) is 5.08. The molecule has 3 nitrogen and oxygen atoms in total. The minimum absolute atomic E-state index is 0.0803. The molecule has 0 bridgehead atoms. The number of thiazole rings is 1. The molecule has 0 atom stereocenters. The Hall–Kier alpha value is -0.720. The van der Waals surface area contributed by atoms with Crippen LogP contribution in [0.15, 0.2) is 15.9 Å². The van der Waals surface area contributed by atoms with E-state index in [0.717, 1.165) is 34.6 Å². The summed E-state index contributed by atoms with van der Waals surface area (Å²) in [6.07, 6.45) is 7.05. The fourth-order valence-corrected chi connectivity index (χ4v) is 5.09. The van der Waals surface area contributed by atoms with Crippen LogP contribution < -0.4 is 5.32 Å². The van der Waals surface area contributed by atoms with Gasteiger partial charge in [-0.3, -0.25) is 4.79 Å². The Morgan fingerprint density at radius 3 is 2.90 bits per heavy atom. The van der Waals surface area contributed by atoms with Crippen LogP contribution in [0.3, 0.4) is 0 Å². The van der Waals surface area contributed by atoms with Crippen LogP contribution in [-0.2, 0) is 24.1 Å². The van der Waals surface area contributed by atoms with Gasteiger partial charge in [-0.1, -0.05) is 0 Å². The van der Waals surface area contributed by atoms with Crippen LogP contribution in [-0.4, -0.2) is 10.9 Å². The number of thiophene rings is 1. The van der Waals surface area contributed by atoms with Gasteiger partial charge in [-0.25, -0.2) is 4.98 Å². The number of aryl methyl sites for hydroxylation is 3. The van der Waals surface area contributed by atoms with Gasteiger partial charge in [0.25, 0.3) is 0 Å². The van der Waals surface area contributed by atoms with Crippen LogP contribution in [0, 0.1) is 0 Å². The molecule has 1 aliphatic rings. The number of fused-ring (bicyclic) bond motifs is 1. The maximum Gasteiger partial charge on any atom is 0.226 e. The van der Waals surface area contributed by atoms with Gasteiger partial charge in [-0.05, 0) is 66.6 Å². The molecule has 2 aromatic rings. The molecule has 1 aliphatic carbocycles. The van der Waals surface area contributed by atoms with Gasteiger partial charge in [0.2, 0.25) is 5.91 Å². The summed E-state index contributed by atoms with van der Waals surface area (Å²) in [6, 6.07) is 4.17. The molecule has 2 aromatic heterocycles. The highest BCUT2D eigenvalue weighted by Crippen LogP contribution is 2.29. The van der Waals surface area contributed by atoms with E-state index in [-0.39, 0.29) is 5.91 Å². The molecular formula is C15H17BrN2OS2. The normalized spacial score (nSPS) is 14.0. The van der Waals surface area contributed by atoms with Crippen molar-refractivity contribution in [1.82, 2.24) is 4.98 Å². The first kappa shape index (κ1) is 15.2. The van der Waals surface area contributed by atoms with Gasteiger partial charge >= 0.3 is 0 Å². The van der Waals surface area contributed by atoms with Crippen molar-refractivity contribution in [1.29, 1.82) is 0 Å². The predicted molar refractivity (Wildman–Crippen MR) is 92.3 cm³/mol. The van der Waals surface area contributed by atoms with Crippen molar-refractivity contribution in [3.05, 3.63) is 31.4 Å². The lowest BCUT2D eigenvalue weighted by Gasteiger charge is -2.06. The number of nitrogens with zero attached hydrogens (tertiary/aromatic N) is 1. The fourth-order valence-electron chi connectivity index (χ4n) is 2.50. The molecule has 2 heterocycles. The highest BCUT2D eigenvalue weighted by atomic mass is 79.9. The number of carbonyl (C=O) groups is 1. The lowest BCUT2D eigenvalue weighted by atomic mass is 10.0. The molecule has 0 spiro atoms. The van der Waals surface area contributed by atoms with E-state index in [4.69, 9.17) is 0 Å². The Morgan fingerprint density at radius 1 is 1.29 bits per heavy atom. The average Bonchev–Trinajstić information content (AvgIpc) is 3.04. The molecule has 6 heteroatoms. The van der Waals surface area contributed by atoms with Crippen LogP contribution in [0.25, 0.3) is 0 Å². The third-order valence-corrected chi connectivity index (χ3v) is 6.30. The molecule has 0 aliphatic heterocycles. The van der Waals surface area contributed by atoms with Gasteiger partial charge in [-0.2, -0.15) is 0 Å². The summed E-state index contributed by atoms with van der Waals surface area (Å²) in [6.45, 7) is 0. The number of hydrogen-bond acceptors (Lipinski definition) is 4. The van der Waals surface area contributed by atoms with Crippen LogP contribution in [0.2, 0.25) is 0 Å². The lowest BCUT2D eigenvalue weighted by molar-refractivity contribution is -0.116. The van der Waals surface area contributed by atoms with E-state index in [0.29, 0.717) is 6.42 Å². The fraction of sp³-hybridized carbons (Fsp3) is 0.467. The highest BCUT2D eigenvalue weighted by molar-refractivity contribution is 9.11. The maximum atomic E-state index is 12.0. The van der Waals surface area contributed by atoms with Crippen molar-refractivity contribution >= 4 is 49.6 Å². The minimum atomic E-state index is 0.0803. The maximum absolute atomic E-state index is 12.0. The van der Waals surface area contributed by atoms with E-state index in [2.05, 4.69) is 38.4 Å². The summed E-state index contributed by atoms with van der Waals surface area (Å²) >= 11 is 6.84. The van der Waals surface area contributed by atoms with E-state index < -0.39 is 0 Å². The quantitative estimate of drug-likeness (QED) is 0.803. The number of aromatic nitrogens is 1. The summed E-state index contributed by atoms with van der Waals surface area (Å²) in [5.74, 6) is 0.0803. The summed E-state index contributed by atoms with van der Waals surface area (Å²) < 4.78 is 1.15. The number of halogens is 1. The largest absolute Gasteiger partial charge is 0.302 e. The zero-order valence-corrected chi connectivity index (χ0v) is 14.9. The molecule has 1 N–H and O–H groups in total. The van der Waals surface area contributed by atoms with Crippen molar-refractivity contribution in [2.24, 2.45) is 0 Å². The Bertz CT molecular complexity index is 612. The predicted octanol–water partition coefficient (Wildman–Crippen LogP) is 4.81. The smallest absolute Gasteiger partial charge is 0.226 e. The first-order valence-electron chi connectivity index (χ1n) is 7.23. The van der Waals surface area contributed by atoms with E-state index in [1.165, 1.54) is 28.3 Å². The zero-order chi connectivity index (χ0) is 14.7. The van der Waals surface area contributed by atoms with Crippen LogP contribution in [0.5, 0.6) is 0 Å². The molecule has 112 valence electrons. The lowest BCUT2D eigenvalue weighted by Crippen LogP contribution is -2.11. The van der Waals surface area contributed by atoms with Gasteiger partial charge in [-0.15, -0.1) is 22.7 Å². The van der Waals surface area contributed by atoms with Crippen LogP contribution in [0.4, 0.5) is 5.13 Å². The number of rotatable bonds is 5. The summed E-state index contributed by atoms with van der Waals surface area (Å²) in [5, 5.41) is 3.74. The second-order valence-corrected chi connectivity index (χ2v) is 8.83. The second-order valence-electron chi connectivity index (χ2n) is 5.20. The van der Waals surface area contributed by atoms with Crippen molar-refractivity contribution in [2.75, 3.05) is 5.32 Å². The van der Waals surface area contributed by atoms with Crippen molar-refractivity contribution in [3.8, 4) is 0 Å². The topological polar surface area (TPSA) is 42.0 Å². The first-order valence-corrected chi connectivity index (χ1v) is 9.66. The number of amides is 1. The second kappa shape index (κ2) is 7.03. The van der Waals surface area contributed by atoms with E-state index in [1.54, 1.807) is 22.7 Å². The van der Waals surface area contributed by atoms with E-state index in [1.807, 2.05) is 0 Å². The van der Waals surface area contributed by atoms with Gasteiger partial charge in [0.1, 0.15) is 0 Å². The molecule has 0 saturated carbocycles. The van der Waals surface area contributed by atoms with Gasteiger partial charge in [0.05, 0.1) is 9.48 Å². The molecule has 1 amide bonds. The molecule has 0 radical (unpaired) electrons. The number of hydrogen-bond donors (Lipinski definition) is 1. The monoisotopic (exact) mass is 384 g/mol. The van der Waals surface area contributed by atoms with E-state index in [9.17, 15) is 4.79 Å². The standard InChI is InChI=1S/C15H17BrN2OS2/c16-13-9-8-10(20-13)4-3-7-14(19)18-15-17-11-5-1-2-6-12(11)21-15/h8-9H,1-7H2,(H,17,18,19). The Morgan fingerprint density at radius 2 is 2.14 bits per heavy atom. The van der Waals surface area contributed by atoms with E-state index >= 15 is 0 Å². The molecule has 3 rings (SSSR count). The summed E-state index contributed by atoms with van der Waals surface area (Å²) in [5.41, 5.74) is 1.20. The first-order chi connectivity index (χ1) is 10.2. The molecule has 0 saturated heterocycles. The average molecular weight is 385 g/mol. The van der Waals surface area contributed by atoms with Crippen LogP contribution >= 0.6 is 38.6 Å². The summed E-state index contributed by atoms with van der Waals surface area (Å²) in [7, 11) is 0. The Balaban J connectivity index is 1.46. The van der Waals surface area contributed by atoms with Gasteiger partial charge < -0.3 is 5.32 Å². The molecule has 0 aromatic carbocycles. The van der Waals surface area contributed by atoms with Gasteiger partial charge in [0.15, 0.2) is 5.13 Å². The van der Waals surface area contributed by atoms with Gasteiger partial charge in [0, 0.05) is 16.2 Å². The summed E-state index contributed by atoms with van der Waals surface area (Å²) in [4.78, 5) is 19.2. The molecule has 21 heavy (non-hydrogen) atoms. The molecule has 0 unspecified atom stereocenters. The van der Waals surface area contributed by atoms with Crippen molar-refractivity contribution in [3.63, 3.8) is 0 Å². The highest BCUT2D eigenvalue weighted by Gasteiger charge is 2.16. The van der Waals surface area contributed by atoms with Crippen molar-refractivity contribution in [2.45, 2.75) is 44.9 Å². The molecule has 0 fully saturated rings. The third-order valence-electron chi connectivity index (χ3n) is 3.55. The number of anilines is 1. The van der Waals surface area contributed by atoms with Crippen LogP contribution in [0.1, 0.15) is 41.1 Å². The number of carbonyl (C=O) groups excluding carboxylic acids is 1. The van der Waals surface area contributed by atoms with Crippen molar-refractivity contribution < 1.29 is 4.79 Å². The minimum Gasteiger partial charge on any atom is -0.302 e. The molecular weight excluding hydrogens is 368 g/mol. The Labute approximate surface area is 140 Å². The number of nitrogens with one attached hydrogen (secondary N) is 1. The SMILES string of the molecule is O=C(CCCc1ccc(Br)s1)Nc1nc2c(s1)CCCC2. The third kappa shape index (κ3) is 4.14.